The molecule has 1 heterocycles. The van der Waals surface area contributed by atoms with Gasteiger partial charge in [0.15, 0.2) is 4.80 Å². The lowest BCUT2D eigenvalue weighted by Gasteiger charge is -2.11. The number of aryl methyl sites for hydroxylation is 3. The third-order valence-corrected chi connectivity index (χ3v) is 7.57. The molecule has 0 fully saturated rings. The number of aromatic nitrogens is 1. The maximum atomic E-state index is 12.7. The number of rotatable bonds is 4. The van der Waals surface area contributed by atoms with Crippen molar-refractivity contribution in [3.63, 3.8) is 0 Å². The molecule has 8 heteroatoms. The number of hydrogen-bond donors (Lipinski definition) is 0. The summed E-state index contributed by atoms with van der Waals surface area (Å²) >= 11 is 1.49. The van der Waals surface area contributed by atoms with Crippen LogP contribution in [0, 0.1) is 13.8 Å². The van der Waals surface area contributed by atoms with Crippen LogP contribution in [0.1, 0.15) is 28.4 Å². The largest absolute Gasteiger partial charge is 0.317 e. The molecule has 1 aromatic heterocycles. The lowest BCUT2D eigenvalue weighted by molar-refractivity contribution is 0.0997. The summed E-state index contributed by atoms with van der Waals surface area (Å²) in [6, 6.07) is 10.1. The minimum absolute atomic E-state index is 0.144. The van der Waals surface area contributed by atoms with Crippen molar-refractivity contribution < 1.29 is 13.2 Å². The zero-order valence-corrected chi connectivity index (χ0v) is 18.2. The molecular weight excluding hydrogens is 394 g/mol. The Labute approximate surface area is 168 Å². The van der Waals surface area contributed by atoms with E-state index in [1.54, 1.807) is 0 Å². The van der Waals surface area contributed by atoms with Crippen molar-refractivity contribution in [2.24, 2.45) is 4.99 Å². The summed E-state index contributed by atoms with van der Waals surface area (Å²) in [6.45, 7) is 6.83. The number of carbonyl (C=O) groups excluding carboxylic acids is 1. The van der Waals surface area contributed by atoms with E-state index in [2.05, 4.69) is 31.0 Å². The van der Waals surface area contributed by atoms with Gasteiger partial charge in [-0.3, -0.25) is 4.79 Å². The van der Waals surface area contributed by atoms with E-state index < -0.39 is 15.9 Å². The Morgan fingerprint density at radius 1 is 1.14 bits per heavy atom. The van der Waals surface area contributed by atoms with Gasteiger partial charge in [-0.15, -0.1) is 0 Å². The zero-order valence-electron chi connectivity index (χ0n) is 16.6. The van der Waals surface area contributed by atoms with E-state index in [4.69, 9.17) is 0 Å². The molecule has 0 N–H and O–H groups in total. The molecule has 6 nitrogen and oxygen atoms in total. The van der Waals surface area contributed by atoms with E-state index in [0.717, 1.165) is 20.1 Å². The molecule has 2 aromatic carbocycles. The second-order valence-corrected chi connectivity index (χ2v) is 9.92. The summed E-state index contributed by atoms with van der Waals surface area (Å²) in [4.78, 5) is 17.8. The van der Waals surface area contributed by atoms with Crippen LogP contribution < -0.4 is 4.80 Å². The molecule has 0 bridgehead atoms. The lowest BCUT2D eigenvalue weighted by Crippen LogP contribution is -2.22. The first kappa shape index (κ1) is 20.4. The number of hydrogen-bond acceptors (Lipinski definition) is 4. The molecule has 3 rings (SSSR count). The summed E-state index contributed by atoms with van der Waals surface area (Å²) in [5.41, 5.74) is 3.75. The second-order valence-electron chi connectivity index (χ2n) is 6.79. The second kappa shape index (κ2) is 7.62. The van der Waals surface area contributed by atoms with Gasteiger partial charge in [-0.1, -0.05) is 17.4 Å². The van der Waals surface area contributed by atoms with Crippen LogP contribution >= 0.6 is 11.3 Å². The van der Waals surface area contributed by atoms with Gasteiger partial charge in [0.25, 0.3) is 5.91 Å². The fourth-order valence-corrected chi connectivity index (χ4v) is 5.08. The van der Waals surface area contributed by atoms with E-state index in [-0.39, 0.29) is 4.90 Å². The Kier molecular flexibility index (Phi) is 5.56. The number of carbonyl (C=O) groups is 1. The lowest BCUT2D eigenvalue weighted by atomic mass is 10.1. The van der Waals surface area contributed by atoms with Crippen molar-refractivity contribution in [2.75, 3.05) is 14.1 Å². The smallest absolute Gasteiger partial charge is 0.279 e. The first-order valence-corrected chi connectivity index (χ1v) is 11.1. The van der Waals surface area contributed by atoms with Gasteiger partial charge in [-0.25, -0.2) is 12.7 Å². The van der Waals surface area contributed by atoms with E-state index in [1.807, 2.05) is 11.5 Å². The standard InChI is InChI=1S/C20H23N3O3S2/c1-6-23-17-12-13(2)11-14(3)18(17)27-20(23)21-19(24)15-7-9-16(10-8-15)28(25,26)22(4)5/h7-12H,6H2,1-5H3. The van der Waals surface area contributed by atoms with Crippen molar-refractivity contribution in [2.45, 2.75) is 32.2 Å². The number of nitrogens with zero attached hydrogens (tertiary/aromatic N) is 3. The SMILES string of the molecule is CCn1c(=NC(=O)c2ccc(S(=O)(=O)N(C)C)cc2)sc2c(C)cc(C)cc21. The van der Waals surface area contributed by atoms with E-state index in [1.165, 1.54) is 55.3 Å². The number of benzene rings is 2. The zero-order chi connectivity index (χ0) is 20.6. The first-order valence-electron chi connectivity index (χ1n) is 8.87. The van der Waals surface area contributed by atoms with E-state index >= 15 is 0 Å². The number of sulfonamides is 1. The van der Waals surface area contributed by atoms with Crippen LogP contribution in [0.5, 0.6) is 0 Å². The van der Waals surface area contributed by atoms with Gasteiger partial charge in [-0.2, -0.15) is 4.99 Å². The Bertz CT molecular complexity index is 1220. The van der Waals surface area contributed by atoms with Crippen molar-refractivity contribution in [3.8, 4) is 0 Å². The van der Waals surface area contributed by atoms with E-state index in [0.29, 0.717) is 16.9 Å². The van der Waals surface area contributed by atoms with Gasteiger partial charge in [0.2, 0.25) is 10.0 Å². The first-order chi connectivity index (χ1) is 13.1. The molecule has 0 atom stereocenters. The third kappa shape index (κ3) is 3.67. The van der Waals surface area contributed by atoms with Gasteiger partial charge in [0.1, 0.15) is 0 Å². The monoisotopic (exact) mass is 417 g/mol. The predicted molar refractivity (Wildman–Crippen MR) is 112 cm³/mol. The highest BCUT2D eigenvalue weighted by Crippen LogP contribution is 2.23. The van der Waals surface area contributed by atoms with Gasteiger partial charge in [0, 0.05) is 26.2 Å². The highest BCUT2D eigenvalue weighted by Gasteiger charge is 2.17. The molecule has 0 aliphatic rings. The number of thiazole rings is 1. The molecule has 3 aromatic rings. The third-order valence-electron chi connectivity index (χ3n) is 4.51. The molecule has 1 amide bonds. The van der Waals surface area contributed by atoms with Crippen molar-refractivity contribution in [3.05, 3.63) is 57.9 Å². The molecule has 0 aliphatic carbocycles. The van der Waals surface area contributed by atoms with Gasteiger partial charge >= 0.3 is 0 Å². The Hall–Kier alpha value is -2.29. The topological polar surface area (TPSA) is 71.7 Å². The van der Waals surface area contributed by atoms with Crippen molar-refractivity contribution in [1.82, 2.24) is 8.87 Å². The number of amides is 1. The molecule has 0 unspecified atom stereocenters. The number of fused-ring (bicyclic) bond motifs is 1. The van der Waals surface area contributed by atoms with Crippen LogP contribution in [0.15, 0.2) is 46.3 Å². The minimum Gasteiger partial charge on any atom is -0.317 e. The maximum Gasteiger partial charge on any atom is 0.279 e. The average Bonchev–Trinajstić information content (AvgIpc) is 2.98. The molecule has 0 saturated carbocycles. The highest BCUT2D eigenvalue weighted by atomic mass is 32.2. The summed E-state index contributed by atoms with van der Waals surface area (Å²) in [5, 5.41) is 0. The Morgan fingerprint density at radius 3 is 2.36 bits per heavy atom. The van der Waals surface area contributed by atoms with Gasteiger partial charge in [-0.05, 0) is 62.2 Å². The average molecular weight is 418 g/mol. The molecule has 148 valence electrons. The predicted octanol–water partition coefficient (Wildman–Crippen LogP) is 3.33. The van der Waals surface area contributed by atoms with Crippen LogP contribution in [0.25, 0.3) is 10.2 Å². The van der Waals surface area contributed by atoms with Crippen molar-refractivity contribution >= 4 is 37.5 Å². The van der Waals surface area contributed by atoms with E-state index in [9.17, 15) is 13.2 Å². The summed E-state index contributed by atoms with van der Waals surface area (Å²) < 4.78 is 28.6. The van der Waals surface area contributed by atoms with Crippen LogP contribution in [0.4, 0.5) is 0 Å². The molecule has 0 radical (unpaired) electrons. The Balaban J connectivity index is 2.05. The molecular formula is C20H23N3O3S2. The summed E-state index contributed by atoms with van der Waals surface area (Å²) in [5.74, 6) is -0.392. The normalized spacial score (nSPS) is 12.9. The fourth-order valence-electron chi connectivity index (χ4n) is 3.04. The molecule has 28 heavy (non-hydrogen) atoms. The maximum absolute atomic E-state index is 12.7. The molecule has 0 saturated heterocycles. The quantitative estimate of drug-likeness (QED) is 0.654. The highest BCUT2D eigenvalue weighted by molar-refractivity contribution is 7.89. The Morgan fingerprint density at radius 2 is 1.79 bits per heavy atom. The molecule has 0 aliphatic heterocycles. The van der Waals surface area contributed by atoms with Crippen LogP contribution in [-0.2, 0) is 16.6 Å². The van der Waals surface area contributed by atoms with Crippen LogP contribution in [-0.4, -0.2) is 37.3 Å². The van der Waals surface area contributed by atoms with Crippen molar-refractivity contribution in [1.29, 1.82) is 0 Å². The van der Waals surface area contributed by atoms with Crippen LogP contribution in [0.3, 0.4) is 0 Å². The summed E-state index contributed by atoms with van der Waals surface area (Å²) in [6.07, 6.45) is 0. The fraction of sp³-hybridized carbons (Fsp3) is 0.300. The van der Waals surface area contributed by atoms with Gasteiger partial charge < -0.3 is 4.57 Å². The minimum atomic E-state index is -3.53. The molecule has 0 spiro atoms. The summed E-state index contributed by atoms with van der Waals surface area (Å²) in [7, 11) is -0.584. The van der Waals surface area contributed by atoms with Gasteiger partial charge in [0.05, 0.1) is 15.1 Å². The van der Waals surface area contributed by atoms with Crippen LogP contribution in [0.2, 0.25) is 0 Å².